The van der Waals surface area contributed by atoms with Gasteiger partial charge >= 0.3 is 0 Å². The lowest BCUT2D eigenvalue weighted by Gasteiger charge is -2.18. The van der Waals surface area contributed by atoms with E-state index < -0.39 is 20.7 Å². The number of hydrogen-bond acceptors (Lipinski definition) is 4. The highest BCUT2D eigenvalue weighted by molar-refractivity contribution is 7.92. The highest BCUT2D eigenvalue weighted by Crippen LogP contribution is 2.30. The van der Waals surface area contributed by atoms with E-state index in [1.54, 1.807) is 30.3 Å². The van der Waals surface area contributed by atoms with Crippen LogP contribution in [-0.2, 0) is 21.2 Å². The third kappa shape index (κ3) is 4.22. The normalized spacial score (nSPS) is 13.3. The monoisotopic (exact) mass is 412 g/mol. The number of nitrogens with one attached hydrogen (secondary N) is 2. The summed E-state index contributed by atoms with van der Waals surface area (Å²) >= 11 is 0. The maximum absolute atomic E-state index is 14.5. The van der Waals surface area contributed by atoms with Crippen molar-refractivity contribution in [2.75, 3.05) is 10.0 Å². The third-order valence-corrected chi connectivity index (χ3v) is 5.80. The predicted octanol–water partition coefficient (Wildman–Crippen LogP) is 4.30. The number of amides is 1. The Bertz CT molecular complexity index is 1180. The Balaban J connectivity index is 1.59. The number of carbonyl (C=O) groups excluding carboxylic acids is 1. The molecule has 0 unspecified atom stereocenters. The van der Waals surface area contributed by atoms with Gasteiger partial charge in [0, 0.05) is 18.2 Å². The molecule has 8 heteroatoms. The van der Waals surface area contributed by atoms with Gasteiger partial charge in [-0.25, -0.2) is 12.8 Å². The van der Waals surface area contributed by atoms with Crippen LogP contribution in [0.2, 0.25) is 0 Å². The van der Waals surface area contributed by atoms with Gasteiger partial charge in [-0.05, 0) is 48.4 Å². The van der Waals surface area contributed by atoms with Crippen LogP contribution >= 0.6 is 0 Å². The van der Waals surface area contributed by atoms with Gasteiger partial charge in [0.25, 0.3) is 10.0 Å². The highest BCUT2D eigenvalue weighted by atomic mass is 32.2. The minimum Gasteiger partial charge on any atom is -0.457 e. The Morgan fingerprint density at radius 3 is 2.48 bits per heavy atom. The van der Waals surface area contributed by atoms with Gasteiger partial charge in [-0.2, -0.15) is 0 Å². The summed E-state index contributed by atoms with van der Waals surface area (Å²) in [6.07, 6.45) is 0.578. The first-order chi connectivity index (χ1) is 13.9. The quantitative estimate of drug-likeness (QED) is 0.654. The van der Waals surface area contributed by atoms with Gasteiger partial charge < -0.3 is 10.1 Å². The number of hydrogen-bond donors (Lipinski definition) is 2. The molecule has 0 atom stereocenters. The average molecular weight is 412 g/mol. The maximum Gasteiger partial charge on any atom is 0.264 e. The molecule has 0 bridgehead atoms. The number of aryl methyl sites for hydroxylation is 1. The van der Waals surface area contributed by atoms with Gasteiger partial charge in [0.15, 0.2) is 0 Å². The van der Waals surface area contributed by atoms with Crippen molar-refractivity contribution in [1.29, 1.82) is 0 Å². The van der Waals surface area contributed by atoms with Crippen LogP contribution in [0.1, 0.15) is 12.0 Å². The predicted molar refractivity (Wildman–Crippen MR) is 107 cm³/mol. The van der Waals surface area contributed by atoms with E-state index in [2.05, 4.69) is 10.0 Å². The van der Waals surface area contributed by atoms with Crippen molar-refractivity contribution in [3.8, 4) is 11.5 Å². The fourth-order valence-electron chi connectivity index (χ4n) is 3.04. The van der Waals surface area contributed by atoms with Crippen LogP contribution in [0.3, 0.4) is 0 Å². The number of rotatable bonds is 5. The van der Waals surface area contributed by atoms with E-state index >= 15 is 0 Å². The van der Waals surface area contributed by atoms with E-state index in [1.165, 1.54) is 12.1 Å². The van der Waals surface area contributed by atoms with Crippen molar-refractivity contribution in [2.24, 2.45) is 0 Å². The second-order valence-corrected chi connectivity index (χ2v) is 8.19. The first kappa shape index (κ1) is 18.9. The SMILES string of the molecule is O=C1CCc2cc(S(=O)(=O)Nc3cccc(Oc4ccccc4)c3)c(F)cc2N1. The van der Waals surface area contributed by atoms with Crippen molar-refractivity contribution >= 4 is 27.3 Å². The highest BCUT2D eigenvalue weighted by Gasteiger charge is 2.24. The van der Waals surface area contributed by atoms with Crippen molar-refractivity contribution < 1.29 is 22.3 Å². The van der Waals surface area contributed by atoms with Crippen molar-refractivity contribution in [3.05, 3.63) is 78.1 Å². The molecule has 1 aliphatic rings. The molecular weight excluding hydrogens is 395 g/mol. The zero-order chi connectivity index (χ0) is 20.4. The summed E-state index contributed by atoms with van der Waals surface area (Å²) in [5, 5.41) is 2.55. The van der Waals surface area contributed by atoms with Crippen LogP contribution in [0.15, 0.2) is 71.6 Å². The van der Waals surface area contributed by atoms with Gasteiger partial charge in [0.1, 0.15) is 22.2 Å². The molecule has 4 rings (SSSR count). The molecule has 3 aromatic rings. The Morgan fingerprint density at radius 1 is 0.931 bits per heavy atom. The van der Waals surface area contributed by atoms with Gasteiger partial charge in [0.05, 0.1) is 5.69 Å². The molecule has 0 radical (unpaired) electrons. The number of benzene rings is 3. The van der Waals surface area contributed by atoms with Crippen LogP contribution in [0.5, 0.6) is 11.5 Å². The molecular formula is C21H17FN2O4S. The lowest BCUT2D eigenvalue weighted by molar-refractivity contribution is -0.116. The van der Waals surface area contributed by atoms with Gasteiger partial charge in [-0.1, -0.05) is 24.3 Å². The second kappa shape index (κ2) is 7.56. The molecule has 29 heavy (non-hydrogen) atoms. The Labute approximate surface area is 167 Å². The van der Waals surface area contributed by atoms with Crippen LogP contribution in [0.4, 0.5) is 15.8 Å². The Kier molecular flexibility index (Phi) is 4.94. The fraction of sp³-hybridized carbons (Fsp3) is 0.0952. The van der Waals surface area contributed by atoms with Crippen molar-refractivity contribution in [2.45, 2.75) is 17.7 Å². The van der Waals surface area contributed by atoms with Crippen LogP contribution in [0, 0.1) is 5.82 Å². The smallest absolute Gasteiger partial charge is 0.264 e. The molecule has 6 nitrogen and oxygen atoms in total. The summed E-state index contributed by atoms with van der Waals surface area (Å²) < 4.78 is 48.1. The molecule has 3 aromatic carbocycles. The minimum absolute atomic E-state index is 0.221. The summed E-state index contributed by atoms with van der Waals surface area (Å²) in [6, 6.07) is 17.7. The lowest BCUT2D eigenvalue weighted by Crippen LogP contribution is -2.21. The van der Waals surface area contributed by atoms with E-state index in [4.69, 9.17) is 4.74 Å². The first-order valence-electron chi connectivity index (χ1n) is 8.89. The van der Waals surface area contributed by atoms with Crippen molar-refractivity contribution in [1.82, 2.24) is 0 Å². The molecule has 0 aliphatic carbocycles. The van der Waals surface area contributed by atoms with E-state index in [-0.39, 0.29) is 18.0 Å². The van der Waals surface area contributed by atoms with Crippen molar-refractivity contribution in [3.63, 3.8) is 0 Å². The van der Waals surface area contributed by atoms with E-state index in [0.717, 1.165) is 6.07 Å². The van der Waals surface area contributed by atoms with Gasteiger partial charge in [-0.3, -0.25) is 9.52 Å². The second-order valence-electron chi connectivity index (χ2n) is 6.54. The molecule has 1 amide bonds. The number of anilines is 2. The largest absolute Gasteiger partial charge is 0.457 e. The first-order valence-corrected chi connectivity index (χ1v) is 10.4. The topological polar surface area (TPSA) is 84.5 Å². The number of ether oxygens (including phenoxy) is 1. The molecule has 0 saturated carbocycles. The maximum atomic E-state index is 14.5. The molecule has 0 aromatic heterocycles. The fourth-order valence-corrected chi connectivity index (χ4v) is 4.20. The zero-order valence-corrected chi connectivity index (χ0v) is 16.0. The summed E-state index contributed by atoms with van der Waals surface area (Å²) in [5.74, 6) is -0.115. The molecule has 0 spiro atoms. The molecule has 1 heterocycles. The molecule has 0 saturated heterocycles. The minimum atomic E-state index is -4.17. The number of para-hydroxylation sites is 1. The summed E-state index contributed by atoms with van der Waals surface area (Å²) in [7, 11) is -4.17. The molecule has 2 N–H and O–H groups in total. The number of halogens is 1. The lowest BCUT2D eigenvalue weighted by atomic mass is 10.0. The Hall–Kier alpha value is -3.39. The Morgan fingerprint density at radius 2 is 1.69 bits per heavy atom. The van der Waals surface area contributed by atoms with Gasteiger partial charge in [-0.15, -0.1) is 0 Å². The third-order valence-electron chi connectivity index (χ3n) is 4.41. The number of carbonyl (C=O) groups is 1. The van der Waals surface area contributed by atoms with Crippen LogP contribution in [0.25, 0.3) is 0 Å². The van der Waals surface area contributed by atoms with E-state index in [0.29, 0.717) is 29.2 Å². The number of fused-ring (bicyclic) bond motifs is 1. The van der Waals surface area contributed by atoms with E-state index in [9.17, 15) is 17.6 Å². The zero-order valence-electron chi connectivity index (χ0n) is 15.2. The van der Waals surface area contributed by atoms with Gasteiger partial charge in [0.2, 0.25) is 5.91 Å². The molecule has 0 fully saturated rings. The summed E-state index contributed by atoms with van der Waals surface area (Å²) in [5.41, 5.74) is 1.12. The van der Waals surface area contributed by atoms with Crippen LogP contribution < -0.4 is 14.8 Å². The standard InChI is InChI=1S/C21H17FN2O4S/c22-18-13-19-14(9-10-21(25)23-19)11-20(18)29(26,27)24-15-5-4-8-17(12-15)28-16-6-2-1-3-7-16/h1-8,11-13,24H,9-10H2,(H,23,25). The summed E-state index contributed by atoms with van der Waals surface area (Å²) in [4.78, 5) is 11.0. The average Bonchev–Trinajstić information content (AvgIpc) is 2.68. The summed E-state index contributed by atoms with van der Waals surface area (Å²) in [6.45, 7) is 0. The van der Waals surface area contributed by atoms with E-state index in [1.807, 2.05) is 18.2 Å². The van der Waals surface area contributed by atoms with Crippen LogP contribution in [-0.4, -0.2) is 14.3 Å². The molecule has 1 aliphatic heterocycles. The molecule has 148 valence electrons. The number of sulfonamides is 1.